The van der Waals surface area contributed by atoms with Crippen molar-refractivity contribution in [2.24, 2.45) is 0 Å². The van der Waals surface area contributed by atoms with E-state index in [9.17, 15) is 8.42 Å². The maximum absolute atomic E-state index is 12.1. The van der Waals surface area contributed by atoms with Crippen LogP contribution in [-0.4, -0.2) is 19.9 Å². The molecule has 0 amide bonds. The van der Waals surface area contributed by atoms with Crippen LogP contribution in [0.3, 0.4) is 0 Å². The van der Waals surface area contributed by atoms with E-state index in [1.807, 2.05) is 31.2 Å². The van der Waals surface area contributed by atoms with Gasteiger partial charge in [0.1, 0.15) is 0 Å². The standard InChI is InChI=1S/C15H19N3O2S/c1-2-16-11-13-3-5-14(6-4-13)12-21(19,20)18-15-7-9-17-10-8-15/h3-10,16H,2,11-12H2,1H3,(H,17,18). The Kier molecular flexibility index (Phi) is 5.30. The van der Waals surface area contributed by atoms with Crippen LogP contribution in [0.15, 0.2) is 48.8 Å². The first-order valence-electron chi connectivity index (χ1n) is 6.78. The van der Waals surface area contributed by atoms with Gasteiger partial charge < -0.3 is 5.32 Å². The lowest BCUT2D eigenvalue weighted by Crippen LogP contribution is -2.15. The molecule has 0 saturated carbocycles. The van der Waals surface area contributed by atoms with Crippen LogP contribution in [-0.2, 0) is 22.3 Å². The van der Waals surface area contributed by atoms with E-state index >= 15 is 0 Å². The molecule has 6 heteroatoms. The summed E-state index contributed by atoms with van der Waals surface area (Å²) in [6.07, 6.45) is 3.10. The minimum atomic E-state index is -3.41. The highest BCUT2D eigenvalue weighted by molar-refractivity contribution is 7.91. The van der Waals surface area contributed by atoms with Gasteiger partial charge in [0.2, 0.25) is 10.0 Å². The smallest absolute Gasteiger partial charge is 0.236 e. The fraction of sp³-hybridized carbons (Fsp3) is 0.267. The molecule has 0 bridgehead atoms. The third-order valence-corrected chi connectivity index (χ3v) is 4.17. The van der Waals surface area contributed by atoms with E-state index in [0.717, 1.165) is 24.2 Å². The van der Waals surface area contributed by atoms with Crippen molar-refractivity contribution in [3.8, 4) is 0 Å². The summed E-state index contributed by atoms with van der Waals surface area (Å²) in [4.78, 5) is 3.85. The monoisotopic (exact) mass is 305 g/mol. The highest BCUT2D eigenvalue weighted by Crippen LogP contribution is 2.12. The van der Waals surface area contributed by atoms with Crippen molar-refractivity contribution in [1.29, 1.82) is 0 Å². The number of benzene rings is 1. The zero-order valence-corrected chi connectivity index (χ0v) is 12.7. The Labute approximate surface area is 125 Å². The van der Waals surface area contributed by atoms with Crippen molar-refractivity contribution in [1.82, 2.24) is 10.3 Å². The second kappa shape index (κ2) is 7.19. The number of hydrogen-bond acceptors (Lipinski definition) is 4. The summed E-state index contributed by atoms with van der Waals surface area (Å²) in [5, 5.41) is 3.23. The third kappa shape index (κ3) is 5.17. The third-order valence-electron chi connectivity index (χ3n) is 2.91. The first-order chi connectivity index (χ1) is 10.1. The normalized spacial score (nSPS) is 11.3. The van der Waals surface area contributed by atoms with Gasteiger partial charge in [-0.05, 0) is 29.8 Å². The molecule has 1 aromatic carbocycles. The molecule has 0 saturated heterocycles. The molecule has 2 N–H and O–H groups in total. The van der Waals surface area contributed by atoms with E-state index in [2.05, 4.69) is 15.0 Å². The Bertz CT molecular complexity index is 655. The Balaban J connectivity index is 2.00. The van der Waals surface area contributed by atoms with E-state index in [1.165, 1.54) is 0 Å². The van der Waals surface area contributed by atoms with Gasteiger partial charge in [-0.15, -0.1) is 0 Å². The number of anilines is 1. The fourth-order valence-corrected chi connectivity index (χ4v) is 3.08. The summed E-state index contributed by atoms with van der Waals surface area (Å²) in [5.41, 5.74) is 2.42. The summed E-state index contributed by atoms with van der Waals surface area (Å²) in [5.74, 6) is -0.0448. The number of aromatic nitrogens is 1. The molecule has 0 atom stereocenters. The molecule has 0 aliphatic heterocycles. The van der Waals surface area contributed by atoms with Gasteiger partial charge in [-0.3, -0.25) is 9.71 Å². The van der Waals surface area contributed by atoms with Gasteiger partial charge in [-0.1, -0.05) is 31.2 Å². The average molecular weight is 305 g/mol. The number of nitrogens with one attached hydrogen (secondary N) is 2. The predicted octanol–water partition coefficient (Wildman–Crippen LogP) is 2.13. The fourth-order valence-electron chi connectivity index (χ4n) is 1.88. The predicted molar refractivity (Wildman–Crippen MR) is 84.3 cm³/mol. The molecule has 0 fully saturated rings. The average Bonchev–Trinajstić information content (AvgIpc) is 2.47. The van der Waals surface area contributed by atoms with Crippen LogP contribution in [0.25, 0.3) is 0 Å². The first-order valence-corrected chi connectivity index (χ1v) is 8.43. The first kappa shape index (κ1) is 15.5. The molecule has 0 unspecified atom stereocenters. The van der Waals surface area contributed by atoms with Gasteiger partial charge in [-0.25, -0.2) is 8.42 Å². The molecular formula is C15H19N3O2S. The Hall–Kier alpha value is -1.92. The van der Waals surface area contributed by atoms with Crippen LogP contribution >= 0.6 is 0 Å². The van der Waals surface area contributed by atoms with E-state index in [0.29, 0.717) is 5.69 Å². The number of hydrogen-bond donors (Lipinski definition) is 2. The van der Waals surface area contributed by atoms with Gasteiger partial charge in [0.25, 0.3) is 0 Å². The number of nitrogens with zero attached hydrogens (tertiary/aromatic N) is 1. The molecule has 2 rings (SSSR count). The molecular weight excluding hydrogens is 286 g/mol. The van der Waals surface area contributed by atoms with Crippen molar-refractivity contribution < 1.29 is 8.42 Å². The molecule has 0 aliphatic carbocycles. The summed E-state index contributed by atoms with van der Waals surface area (Å²) >= 11 is 0. The van der Waals surface area contributed by atoms with Crippen molar-refractivity contribution in [3.05, 3.63) is 59.9 Å². The molecule has 1 aromatic heterocycles. The van der Waals surface area contributed by atoms with Crippen LogP contribution in [0.4, 0.5) is 5.69 Å². The number of pyridine rings is 1. The highest BCUT2D eigenvalue weighted by atomic mass is 32.2. The van der Waals surface area contributed by atoms with Gasteiger partial charge >= 0.3 is 0 Å². The lowest BCUT2D eigenvalue weighted by atomic mass is 10.1. The lowest BCUT2D eigenvalue weighted by Gasteiger charge is -2.08. The zero-order valence-electron chi connectivity index (χ0n) is 11.9. The summed E-state index contributed by atoms with van der Waals surface area (Å²) in [6, 6.07) is 10.8. The van der Waals surface area contributed by atoms with E-state index in [4.69, 9.17) is 0 Å². The van der Waals surface area contributed by atoms with Crippen LogP contribution in [0, 0.1) is 0 Å². The topological polar surface area (TPSA) is 71.1 Å². The Morgan fingerprint density at radius 2 is 1.62 bits per heavy atom. The minimum absolute atomic E-state index is 0.0448. The molecule has 21 heavy (non-hydrogen) atoms. The van der Waals surface area contributed by atoms with Crippen LogP contribution in [0.2, 0.25) is 0 Å². The van der Waals surface area contributed by atoms with E-state index in [1.54, 1.807) is 24.5 Å². The summed E-state index contributed by atoms with van der Waals surface area (Å²) in [7, 11) is -3.41. The van der Waals surface area contributed by atoms with Crippen LogP contribution in [0.1, 0.15) is 18.1 Å². The maximum atomic E-state index is 12.1. The Morgan fingerprint density at radius 3 is 2.24 bits per heavy atom. The van der Waals surface area contributed by atoms with Crippen LogP contribution in [0.5, 0.6) is 0 Å². The van der Waals surface area contributed by atoms with Gasteiger partial charge in [0.05, 0.1) is 11.4 Å². The van der Waals surface area contributed by atoms with Crippen molar-refractivity contribution in [3.63, 3.8) is 0 Å². The second-order valence-electron chi connectivity index (χ2n) is 4.69. The highest BCUT2D eigenvalue weighted by Gasteiger charge is 2.11. The van der Waals surface area contributed by atoms with Gasteiger partial charge in [0.15, 0.2) is 0 Å². The molecule has 112 valence electrons. The number of rotatable bonds is 7. The molecule has 0 radical (unpaired) electrons. The van der Waals surface area contributed by atoms with Crippen molar-refractivity contribution in [2.45, 2.75) is 19.2 Å². The largest absolute Gasteiger partial charge is 0.313 e. The molecule has 0 spiro atoms. The van der Waals surface area contributed by atoms with Crippen LogP contribution < -0.4 is 10.0 Å². The number of sulfonamides is 1. The van der Waals surface area contributed by atoms with E-state index in [-0.39, 0.29) is 5.75 Å². The molecule has 2 aromatic rings. The van der Waals surface area contributed by atoms with Gasteiger partial charge in [0, 0.05) is 18.9 Å². The summed E-state index contributed by atoms with van der Waals surface area (Å²) < 4.78 is 26.7. The minimum Gasteiger partial charge on any atom is -0.313 e. The lowest BCUT2D eigenvalue weighted by molar-refractivity contribution is 0.600. The Morgan fingerprint density at radius 1 is 1.00 bits per heavy atom. The van der Waals surface area contributed by atoms with Gasteiger partial charge in [-0.2, -0.15) is 0 Å². The summed E-state index contributed by atoms with van der Waals surface area (Å²) in [6.45, 7) is 3.75. The van der Waals surface area contributed by atoms with Crippen molar-refractivity contribution in [2.75, 3.05) is 11.3 Å². The second-order valence-corrected chi connectivity index (χ2v) is 6.42. The van der Waals surface area contributed by atoms with E-state index < -0.39 is 10.0 Å². The quantitative estimate of drug-likeness (QED) is 0.822. The van der Waals surface area contributed by atoms with Crippen molar-refractivity contribution >= 4 is 15.7 Å². The zero-order chi connectivity index (χ0) is 15.1. The maximum Gasteiger partial charge on any atom is 0.236 e. The molecule has 0 aliphatic rings. The SMILES string of the molecule is CCNCc1ccc(CS(=O)(=O)Nc2ccncc2)cc1. The molecule has 5 nitrogen and oxygen atoms in total. The molecule has 1 heterocycles.